The minimum absolute atomic E-state index is 0.279. The van der Waals surface area contributed by atoms with E-state index >= 15 is 0 Å². The van der Waals surface area contributed by atoms with Gasteiger partial charge in [-0.15, -0.1) is 0 Å². The summed E-state index contributed by atoms with van der Waals surface area (Å²) >= 11 is 0. The van der Waals surface area contributed by atoms with E-state index in [1.54, 1.807) is 24.3 Å². The summed E-state index contributed by atoms with van der Waals surface area (Å²) in [5.74, 6) is 1.37. The lowest BCUT2D eigenvalue weighted by Gasteiger charge is -2.18. The maximum Gasteiger partial charge on any atom is 0.291 e. The minimum atomic E-state index is -0.279. The SMILES string of the molecule is Cc1ccoc1C(=O)Nc1ccc2c(c1)OCCO2. The number of carbonyl (C=O) groups is 1. The largest absolute Gasteiger partial charge is 0.486 e. The Bertz CT molecular complexity index is 618. The van der Waals surface area contributed by atoms with Crippen LogP contribution in [0.1, 0.15) is 16.1 Å². The fourth-order valence-corrected chi connectivity index (χ4v) is 1.91. The third-order valence-electron chi connectivity index (χ3n) is 2.87. The van der Waals surface area contributed by atoms with Crippen LogP contribution in [-0.2, 0) is 0 Å². The molecule has 98 valence electrons. The normalized spacial score (nSPS) is 13.1. The van der Waals surface area contributed by atoms with Crippen LogP contribution < -0.4 is 14.8 Å². The predicted octanol–water partition coefficient (Wildman–Crippen LogP) is 2.61. The lowest BCUT2D eigenvalue weighted by molar-refractivity contribution is 0.0996. The number of amides is 1. The summed E-state index contributed by atoms with van der Waals surface area (Å²) in [4.78, 5) is 12.0. The monoisotopic (exact) mass is 259 g/mol. The average molecular weight is 259 g/mol. The van der Waals surface area contributed by atoms with E-state index in [-0.39, 0.29) is 5.91 Å². The van der Waals surface area contributed by atoms with Gasteiger partial charge in [-0.25, -0.2) is 0 Å². The van der Waals surface area contributed by atoms with Gasteiger partial charge in [-0.1, -0.05) is 0 Å². The summed E-state index contributed by atoms with van der Waals surface area (Å²) in [7, 11) is 0. The molecule has 1 aromatic carbocycles. The van der Waals surface area contributed by atoms with Crippen molar-refractivity contribution in [3.63, 3.8) is 0 Å². The van der Waals surface area contributed by atoms with E-state index in [9.17, 15) is 4.79 Å². The first-order chi connectivity index (χ1) is 9.24. The van der Waals surface area contributed by atoms with Gasteiger partial charge in [-0.05, 0) is 25.1 Å². The second kappa shape index (κ2) is 4.68. The highest BCUT2D eigenvalue weighted by Crippen LogP contribution is 2.32. The van der Waals surface area contributed by atoms with Crippen molar-refractivity contribution in [1.29, 1.82) is 0 Å². The maximum absolute atomic E-state index is 12.0. The van der Waals surface area contributed by atoms with Gasteiger partial charge < -0.3 is 19.2 Å². The molecular formula is C14H13NO4. The van der Waals surface area contributed by atoms with Crippen LogP contribution in [-0.4, -0.2) is 19.1 Å². The molecule has 3 rings (SSSR count). The molecule has 1 N–H and O–H groups in total. The zero-order valence-electron chi connectivity index (χ0n) is 10.4. The zero-order valence-corrected chi connectivity index (χ0v) is 10.4. The molecule has 0 radical (unpaired) electrons. The lowest BCUT2D eigenvalue weighted by Crippen LogP contribution is -2.16. The van der Waals surface area contributed by atoms with Crippen LogP contribution in [0.4, 0.5) is 5.69 Å². The highest BCUT2D eigenvalue weighted by molar-refractivity contribution is 6.03. The molecule has 1 amide bonds. The number of aryl methyl sites for hydroxylation is 1. The molecule has 0 fully saturated rings. The van der Waals surface area contributed by atoms with Gasteiger partial charge >= 0.3 is 0 Å². The summed E-state index contributed by atoms with van der Waals surface area (Å²) in [6.45, 7) is 2.88. The quantitative estimate of drug-likeness (QED) is 0.900. The van der Waals surface area contributed by atoms with E-state index in [1.807, 2.05) is 6.92 Å². The number of fused-ring (bicyclic) bond motifs is 1. The van der Waals surface area contributed by atoms with Crippen LogP contribution in [0.3, 0.4) is 0 Å². The molecule has 0 atom stereocenters. The smallest absolute Gasteiger partial charge is 0.291 e. The molecule has 1 aliphatic rings. The first-order valence-electron chi connectivity index (χ1n) is 5.99. The second-order valence-corrected chi connectivity index (χ2v) is 4.25. The fourth-order valence-electron chi connectivity index (χ4n) is 1.91. The van der Waals surface area contributed by atoms with Crippen molar-refractivity contribution in [1.82, 2.24) is 0 Å². The topological polar surface area (TPSA) is 60.7 Å². The summed E-state index contributed by atoms with van der Waals surface area (Å²) in [6, 6.07) is 7.03. The predicted molar refractivity (Wildman–Crippen MR) is 68.8 cm³/mol. The fraction of sp³-hybridized carbons (Fsp3) is 0.214. The van der Waals surface area contributed by atoms with Gasteiger partial charge in [0, 0.05) is 17.3 Å². The molecular weight excluding hydrogens is 246 g/mol. The van der Waals surface area contributed by atoms with Crippen LogP contribution in [0.15, 0.2) is 34.9 Å². The van der Waals surface area contributed by atoms with Crippen molar-refractivity contribution < 1.29 is 18.7 Å². The Morgan fingerprint density at radius 2 is 1.95 bits per heavy atom. The number of hydrogen-bond acceptors (Lipinski definition) is 4. The van der Waals surface area contributed by atoms with Crippen molar-refractivity contribution in [3.05, 3.63) is 41.9 Å². The van der Waals surface area contributed by atoms with E-state index in [0.29, 0.717) is 36.2 Å². The van der Waals surface area contributed by atoms with Gasteiger partial charge in [0.25, 0.3) is 5.91 Å². The summed E-state index contributed by atoms with van der Waals surface area (Å²) in [5, 5.41) is 2.77. The Labute approximate surface area is 110 Å². The summed E-state index contributed by atoms with van der Waals surface area (Å²) < 4.78 is 16.0. The molecule has 5 heteroatoms. The molecule has 1 aromatic heterocycles. The van der Waals surface area contributed by atoms with Crippen molar-refractivity contribution in [2.45, 2.75) is 6.92 Å². The number of benzene rings is 1. The van der Waals surface area contributed by atoms with E-state index < -0.39 is 0 Å². The number of furan rings is 1. The molecule has 0 unspecified atom stereocenters. The van der Waals surface area contributed by atoms with Gasteiger partial charge in [0.15, 0.2) is 17.3 Å². The van der Waals surface area contributed by atoms with E-state index in [4.69, 9.17) is 13.9 Å². The number of hydrogen-bond donors (Lipinski definition) is 1. The number of carbonyl (C=O) groups excluding carboxylic acids is 1. The van der Waals surface area contributed by atoms with E-state index in [2.05, 4.69) is 5.32 Å². The van der Waals surface area contributed by atoms with Crippen LogP contribution in [0.25, 0.3) is 0 Å². The third kappa shape index (κ3) is 2.27. The van der Waals surface area contributed by atoms with Gasteiger partial charge in [-0.2, -0.15) is 0 Å². The Balaban J connectivity index is 1.80. The molecule has 0 aliphatic carbocycles. The maximum atomic E-state index is 12.0. The summed E-state index contributed by atoms with van der Waals surface area (Å²) in [6.07, 6.45) is 1.49. The van der Waals surface area contributed by atoms with E-state index in [0.717, 1.165) is 5.56 Å². The first kappa shape index (κ1) is 11.6. The minimum Gasteiger partial charge on any atom is -0.486 e. The van der Waals surface area contributed by atoms with Gasteiger partial charge in [0.1, 0.15) is 13.2 Å². The number of nitrogens with one attached hydrogen (secondary N) is 1. The van der Waals surface area contributed by atoms with Crippen LogP contribution >= 0.6 is 0 Å². The Hall–Kier alpha value is -2.43. The average Bonchev–Trinajstić information content (AvgIpc) is 2.85. The molecule has 1 aliphatic heterocycles. The molecule has 0 bridgehead atoms. The number of ether oxygens (including phenoxy) is 2. The van der Waals surface area contributed by atoms with Crippen LogP contribution in [0.5, 0.6) is 11.5 Å². The van der Waals surface area contributed by atoms with Gasteiger partial charge in [0.2, 0.25) is 0 Å². The molecule has 2 aromatic rings. The molecule has 2 heterocycles. The molecule has 0 saturated carbocycles. The lowest BCUT2D eigenvalue weighted by atomic mass is 10.2. The van der Waals surface area contributed by atoms with Crippen LogP contribution in [0.2, 0.25) is 0 Å². The molecule has 0 spiro atoms. The van der Waals surface area contributed by atoms with Crippen molar-refractivity contribution in [3.8, 4) is 11.5 Å². The highest BCUT2D eigenvalue weighted by Gasteiger charge is 2.15. The highest BCUT2D eigenvalue weighted by atomic mass is 16.6. The zero-order chi connectivity index (χ0) is 13.2. The Morgan fingerprint density at radius 1 is 1.16 bits per heavy atom. The standard InChI is InChI=1S/C14H13NO4/c1-9-4-5-19-13(9)14(16)15-10-2-3-11-12(8-10)18-7-6-17-11/h2-5,8H,6-7H2,1H3,(H,15,16). The van der Waals surface area contributed by atoms with Gasteiger partial charge in [-0.3, -0.25) is 4.79 Å². The van der Waals surface area contributed by atoms with Crippen molar-refractivity contribution >= 4 is 11.6 Å². The van der Waals surface area contributed by atoms with E-state index in [1.165, 1.54) is 6.26 Å². The number of anilines is 1. The second-order valence-electron chi connectivity index (χ2n) is 4.25. The van der Waals surface area contributed by atoms with Crippen molar-refractivity contribution in [2.75, 3.05) is 18.5 Å². The molecule has 0 saturated heterocycles. The van der Waals surface area contributed by atoms with Crippen molar-refractivity contribution in [2.24, 2.45) is 0 Å². The first-order valence-corrected chi connectivity index (χ1v) is 5.99. The van der Waals surface area contributed by atoms with Gasteiger partial charge in [0.05, 0.1) is 6.26 Å². The summed E-state index contributed by atoms with van der Waals surface area (Å²) in [5.41, 5.74) is 1.44. The molecule has 19 heavy (non-hydrogen) atoms. The third-order valence-corrected chi connectivity index (χ3v) is 2.87. The van der Waals surface area contributed by atoms with Crippen LogP contribution in [0, 0.1) is 6.92 Å². The Kier molecular flexibility index (Phi) is 2.87. The Morgan fingerprint density at radius 3 is 2.68 bits per heavy atom. The number of rotatable bonds is 2. The molecule has 5 nitrogen and oxygen atoms in total.